The fourth-order valence-electron chi connectivity index (χ4n) is 3.22. The first-order valence-corrected chi connectivity index (χ1v) is 9.53. The second-order valence-electron chi connectivity index (χ2n) is 7.15. The van der Waals surface area contributed by atoms with E-state index >= 15 is 0 Å². The summed E-state index contributed by atoms with van der Waals surface area (Å²) in [5.74, 6) is 0.484. The van der Waals surface area contributed by atoms with E-state index in [9.17, 15) is 9.18 Å². The molecule has 0 aliphatic carbocycles. The number of hydrogen-bond donors (Lipinski definition) is 2. The second-order valence-corrected chi connectivity index (χ2v) is 7.53. The zero-order chi connectivity index (χ0) is 20.0. The predicted octanol–water partition coefficient (Wildman–Crippen LogP) is 2.91. The third-order valence-corrected chi connectivity index (χ3v) is 4.88. The van der Waals surface area contributed by atoms with Gasteiger partial charge in [0.15, 0.2) is 0 Å². The summed E-state index contributed by atoms with van der Waals surface area (Å²) in [4.78, 5) is 19.8. The van der Waals surface area contributed by atoms with E-state index in [0.717, 1.165) is 30.5 Å². The Balaban J connectivity index is 1.92. The number of amides is 2. The molecule has 1 heterocycles. The summed E-state index contributed by atoms with van der Waals surface area (Å²) in [6.07, 6.45) is 3.35. The van der Waals surface area contributed by atoms with Crippen LogP contribution in [0.25, 0.3) is 0 Å². The van der Waals surface area contributed by atoms with Gasteiger partial charge in [0.25, 0.3) is 0 Å². The lowest BCUT2D eigenvalue weighted by Gasteiger charge is -2.21. The number of halogens is 1. The van der Waals surface area contributed by atoms with Crippen molar-refractivity contribution in [3.8, 4) is 0 Å². The molecule has 1 unspecified atom stereocenters. The molecule has 6 nitrogen and oxygen atoms in total. The van der Waals surface area contributed by atoms with Crippen molar-refractivity contribution in [1.82, 2.24) is 10.2 Å². The van der Waals surface area contributed by atoms with Gasteiger partial charge in [0.1, 0.15) is 5.82 Å². The molecule has 3 N–H and O–H groups in total. The van der Waals surface area contributed by atoms with Crippen LogP contribution < -0.4 is 16.0 Å². The summed E-state index contributed by atoms with van der Waals surface area (Å²) in [6, 6.07) is 5.13. The normalized spacial score (nSPS) is 18.0. The molecule has 1 atom stereocenters. The van der Waals surface area contributed by atoms with E-state index in [1.807, 2.05) is 31.1 Å². The number of amidine groups is 1. The number of anilines is 1. The van der Waals surface area contributed by atoms with Gasteiger partial charge in [0.2, 0.25) is 5.11 Å². The first-order chi connectivity index (χ1) is 12.8. The SMILES string of the molecule is C/C(N)=N/C(=S)NC(=O)N1CCCC(Cc2ccc(N(C)C)cc2F)CC1. The number of aliphatic imine (C=N–C) groups is 1. The zero-order valence-corrected chi connectivity index (χ0v) is 17.0. The van der Waals surface area contributed by atoms with Gasteiger partial charge in [0, 0.05) is 32.9 Å². The molecule has 148 valence electrons. The predicted molar refractivity (Wildman–Crippen MR) is 112 cm³/mol. The van der Waals surface area contributed by atoms with Crippen molar-refractivity contribution in [2.24, 2.45) is 16.6 Å². The molecule has 0 spiro atoms. The average molecular weight is 394 g/mol. The van der Waals surface area contributed by atoms with Crippen molar-refractivity contribution in [2.75, 3.05) is 32.1 Å². The molecule has 8 heteroatoms. The number of thiocarbonyl (C=S) groups is 1. The number of nitrogens with two attached hydrogens (primary N) is 1. The Morgan fingerprint density at radius 1 is 1.41 bits per heavy atom. The highest BCUT2D eigenvalue weighted by Crippen LogP contribution is 2.25. The zero-order valence-electron chi connectivity index (χ0n) is 16.2. The molecule has 0 bridgehead atoms. The Bertz CT molecular complexity index is 718. The van der Waals surface area contributed by atoms with Gasteiger partial charge >= 0.3 is 6.03 Å². The fourth-order valence-corrected chi connectivity index (χ4v) is 3.45. The van der Waals surface area contributed by atoms with Crippen LogP contribution in [0.3, 0.4) is 0 Å². The van der Waals surface area contributed by atoms with Crippen LogP contribution in [0.5, 0.6) is 0 Å². The molecule has 0 saturated carbocycles. The second kappa shape index (κ2) is 9.64. The van der Waals surface area contributed by atoms with Gasteiger partial charge in [0.05, 0.1) is 5.84 Å². The van der Waals surface area contributed by atoms with Crippen molar-refractivity contribution in [1.29, 1.82) is 0 Å². The molecule has 1 aliphatic heterocycles. The maximum Gasteiger partial charge on any atom is 0.323 e. The Hall–Kier alpha value is -2.22. The lowest BCUT2D eigenvalue weighted by molar-refractivity contribution is 0.204. The van der Waals surface area contributed by atoms with Gasteiger partial charge in [-0.15, -0.1) is 0 Å². The number of nitrogens with one attached hydrogen (secondary N) is 1. The summed E-state index contributed by atoms with van der Waals surface area (Å²) in [5.41, 5.74) is 7.05. The van der Waals surface area contributed by atoms with E-state index in [4.69, 9.17) is 18.0 Å². The highest BCUT2D eigenvalue weighted by Gasteiger charge is 2.22. The van der Waals surface area contributed by atoms with E-state index in [1.165, 1.54) is 0 Å². The van der Waals surface area contributed by atoms with Gasteiger partial charge in [-0.1, -0.05) is 6.07 Å². The van der Waals surface area contributed by atoms with Crippen LogP contribution in [-0.4, -0.2) is 49.1 Å². The number of nitrogens with zero attached hydrogens (tertiary/aromatic N) is 3. The number of benzene rings is 1. The Labute approximate surface area is 165 Å². The Morgan fingerprint density at radius 2 is 2.15 bits per heavy atom. The van der Waals surface area contributed by atoms with Crippen molar-refractivity contribution in [2.45, 2.75) is 32.6 Å². The van der Waals surface area contributed by atoms with Gasteiger partial charge in [-0.2, -0.15) is 0 Å². The molecule has 1 aromatic carbocycles. The van der Waals surface area contributed by atoms with Crippen LogP contribution in [0.15, 0.2) is 23.2 Å². The topological polar surface area (TPSA) is 74.0 Å². The third kappa shape index (κ3) is 6.46. The van der Waals surface area contributed by atoms with Crippen LogP contribution in [0, 0.1) is 11.7 Å². The molecule has 2 amide bonds. The minimum Gasteiger partial charge on any atom is -0.387 e. The molecule has 1 aromatic rings. The summed E-state index contributed by atoms with van der Waals surface area (Å²) < 4.78 is 14.4. The summed E-state index contributed by atoms with van der Waals surface area (Å²) in [5, 5.41) is 2.66. The van der Waals surface area contributed by atoms with E-state index in [-0.39, 0.29) is 17.0 Å². The van der Waals surface area contributed by atoms with Crippen molar-refractivity contribution in [3.63, 3.8) is 0 Å². The lowest BCUT2D eigenvalue weighted by Crippen LogP contribution is -2.42. The molecule has 2 rings (SSSR count). The van der Waals surface area contributed by atoms with Gasteiger partial charge in [-0.3, -0.25) is 5.32 Å². The first-order valence-electron chi connectivity index (χ1n) is 9.12. The molecular weight excluding hydrogens is 365 g/mol. The van der Waals surface area contributed by atoms with E-state index in [2.05, 4.69) is 10.3 Å². The minimum absolute atomic E-state index is 0.0730. The first kappa shape index (κ1) is 21.1. The van der Waals surface area contributed by atoms with Crippen molar-refractivity contribution in [3.05, 3.63) is 29.6 Å². The smallest absolute Gasteiger partial charge is 0.323 e. The molecule has 1 aliphatic rings. The van der Waals surface area contributed by atoms with Crippen LogP contribution >= 0.6 is 12.2 Å². The van der Waals surface area contributed by atoms with Crippen molar-refractivity contribution < 1.29 is 9.18 Å². The maximum absolute atomic E-state index is 14.4. The Morgan fingerprint density at radius 3 is 2.78 bits per heavy atom. The Kier molecular flexibility index (Phi) is 7.53. The number of likely N-dealkylation sites (tertiary alicyclic amines) is 1. The summed E-state index contributed by atoms with van der Waals surface area (Å²) >= 11 is 4.99. The minimum atomic E-state index is -0.257. The third-order valence-electron chi connectivity index (χ3n) is 4.69. The molecule has 1 saturated heterocycles. The van der Waals surface area contributed by atoms with Crippen LogP contribution in [0.4, 0.5) is 14.9 Å². The number of rotatable bonds is 3. The van der Waals surface area contributed by atoms with E-state index < -0.39 is 0 Å². The number of urea groups is 1. The largest absolute Gasteiger partial charge is 0.387 e. The molecule has 0 aromatic heterocycles. The van der Waals surface area contributed by atoms with Crippen LogP contribution in [0.1, 0.15) is 31.7 Å². The lowest BCUT2D eigenvalue weighted by atomic mass is 9.92. The number of hydrogen-bond acceptors (Lipinski definition) is 3. The summed E-state index contributed by atoms with van der Waals surface area (Å²) in [7, 11) is 3.79. The van der Waals surface area contributed by atoms with E-state index in [0.29, 0.717) is 31.3 Å². The van der Waals surface area contributed by atoms with Gasteiger partial charge in [-0.25, -0.2) is 14.2 Å². The number of carbonyl (C=O) groups is 1. The van der Waals surface area contributed by atoms with Crippen molar-refractivity contribution >= 4 is 34.9 Å². The average Bonchev–Trinajstić information content (AvgIpc) is 2.81. The molecule has 1 fully saturated rings. The molecule has 27 heavy (non-hydrogen) atoms. The highest BCUT2D eigenvalue weighted by atomic mass is 32.1. The van der Waals surface area contributed by atoms with Crippen LogP contribution in [-0.2, 0) is 6.42 Å². The van der Waals surface area contributed by atoms with Gasteiger partial charge < -0.3 is 15.5 Å². The fraction of sp³-hybridized carbons (Fsp3) is 0.526. The maximum atomic E-state index is 14.4. The standard InChI is InChI=1S/C19H28FN5OS/c1-13(21)22-18(27)23-19(26)25-9-4-5-14(8-10-25)11-15-6-7-16(24(2)3)12-17(15)20/h6-7,12,14H,4-5,8-11H2,1-3H3,(H3,21,22,23,26,27). The van der Waals surface area contributed by atoms with E-state index in [1.54, 1.807) is 17.9 Å². The quantitative estimate of drug-likeness (QED) is 0.470. The monoisotopic (exact) mass is 393 g/mol. The summed E-state index contributed by atoms with van der Waals surface area (Å²) in [6.45, 7) is 2.87. The van der Waals surface area contributed by atoms with Crippen LogP contribution in [0.2, 0.25) is 0 Å². The number of carbonyl (C=O) groups excluding carboxylic acids is 1. The highest BCUT2D eigenvalue weighted by molar-refractivity contribution is 7.80. The van der Waals surface area contributed by atoms with Gasteiger partial charge in [-0.05, 0) is 68.4 Å². The molecular formula is C19H28FN5OS. The molecule has 0 radical (unpaired) electrons.